The fourth-order valence-electron chi connectivity index (χ4n) is 1.90. The van der Waals surface area contributed by atoms with Crippen LogP contribution in [-0.2, 0) is 6.42 Å². The fraction of sp³-hybridized carbons (Fsp3) is 0.308. The smallest absolute Gasteiger partial charge is 0.173 e. The molecule has 0 amide bonds. The average molecular weight is 291 g/mol. The van der Waals surface area contributed by atoms with Gasteiger partial charge in [0.05, 0.1) is 11.8 Å². The van der Waals surface area contributed by atoms with E-state index in [-0.39, 0.29) is 11.9 Å². The van der Waals surface area contributed by atoms with Crippen molar-refractivity contribution in [3.63, 3.8) is 0 Å². The van der Waals surface area contributed by atoms with Crippen LogP contribution >= 0.6 is 11.3 Å². The standard InChI is InChI=1S/C13H17N5OS/c1-9(8-10-4-3-7-20-10)18(2)13-11(12(14)17-19)5-6-15-16-13/h3-7,9,19H,8H2,1-2H3,(H2,14,17). The van der Waals surface area contributed by atoms with Gasteiger partial charge in [0.15, 0.2) is 11.7 Å². The molecule has 20 heavy (non-hydrogen) atoms. The normalized spacial score (nSPS) is 13.2. The number of oxime groups is 1. The Balaban J connectivity index is 2.22. The van der Waals surface area contributed by atoms with Gasteiger partial charge < -0.3 is 15.8 Å². The molecule has 2 aromatic rings. The third kappa shape index (κ3) is 3.05. The quantitative estimate of drug-likeness (QED) is 0.379. The van der Waals surface area contributed by atoms with E-state index >= 15 is 0 Å². The molecular weight excluding hydrogens is 274 g/mol. The molecule has 2 rings (SSSR count). The van der Waals surface area contributed by atoms with Crippen LogP contribution in [0, 0.1) is 0 Å². The van der Waals surface area contributed by atoms with Crippen LogP contribution in [0.4, 0.5) is 5.82 Å². The number of nitrogens with two attached hydrogens (primary N) is 1. The second kappa shape index (κ2) is 6.33. The monoisotopic (exact) mass is 291 g/mol. The predicted molar refractivity (Wildman–Crippen MR) is 80.4 cm³/mol. The third-order valence-electron chi connectivity index (χ3n) is 3.16. The van der Waals surface area contributed by atoms with E-state index in [0.717, 1.165) is 6.42 Å². The predicted octanol–water partition coefficient (Wildman–Crippen LogP) is 1.70. The van der Waals surface area contributed by atoms with Gasteiger partial charge in [-0.2, -0.15) is 5.10 Å². The summed E-state index contributed by atoms with van der Waals surface area (Å²) in [7, 11) is 1.93. The Hall–Kier alpha value is -2.15. The number of aromatic nitrogens is 2. The third-order valence-corrected chi connectivity index (χ3v) is 4.06. The first-order chi connectivity index (χ1) is 9.63. The lowest BCUT2D eigenvalue weighted by Gasteiger charge is -2.26. The van der Waals surface area contributed by atoms with Gasteiger partial charge in [0.2, 0.25) is 0 Å². The van der Waals surface area contributed by atoms with Crippen molar-refractivity contribution < 1.29 is 5.21 Å². The summed E-state index contributed by atoms with van der Waals surface area (Å²) in [5, 5.41) is 21.9. The van der Waals surface area contributed by atoms with Gasteiger partial charge in [0, 0.05) is 24.4 Å². The van der Waals surface area contributed by atoms with Crippen LogP contribution in [0.3, 0.4) is 0 Å². The summed E-state index contributed by atoms with van der Waals surface area (Å²) in [6.45, 7) is 2.10. The Bertz CT molecular complexity index is 584. The lowest BCUT2D eigenvalue weighted by atomic mass is 10.1. The molecule has 0 bridgehead atoms. The summed E-state index contributed by atoms with van der Waals surface area (Å²) in [6, 6.07) is 6.05. The molecule has 2 heterocycles. The number of rotatable bonds is 5. The highest BCUT2D eigenvalue weighted by molar-refractivity contribution is 7.09. The minimum absolute atomic E-state index is 0.0325. The Morgan fingerprint density at radius 1 is 1.55 bits per heavy atom. The van der Waals surface area contributed by atoms with E-state index in [1.165, 1.54) is 11.1 Å². The number of hydrogen-bond donors (Lipinski definition) is 2. The summed E-state index contributed by atoms with van der Waals surface area (Å²) in [4.78, 5) is 3.29. The molecule has 7 heteroatoms. The highest BCUT2D eigenvalue weighted by Crippen LogP contribution is 2.20. The number of anilines is 1. The molecule has 0 fully saturated rings. The minimum atomic E-state index is 0.0325. The van der Waals surface area contributed by atoms with Crippen LogP contribution in [-0.4, -0.2) is 34.3 Å². The van der Waals surface area contributed by atoms with E-state index in [0.29, 0.717) is 11.4 Å². The van der Waals surface area contributed by atoms with E-state index in [2.05, 4.69) is 33.7 Å². The summed E-state index contributed by atoms with van der Waals surface area (Å²) in [6.07, 6.45) is 2.43. The van der Waals surface area contributed by atoms with Gasteiger partial charge in [-0.05, 0) is 24.4 Å². The van der Waals surface area contributed by atoms with Gasteiger partial charge in [-0.1, -0.05) is 11.2 Å². The topological polar surface area (TPSA) is 87.6 Å². The van der Waals surface area contributed by atoms with Gasteiger partial charge in [0.1, 0.15) is 0 Å². The fourth-order valence-corrected chi connectivity index (χ4v) is 2.73. The van der Waals surface area contributed by atoms with Crippen LogP contribution < -0.4 is 10.6 Å². The molecule has 106 valence electrons. The molecule has 1 atom stereocenters. The second-order valence-electron chi connectivity index (χ2n) is 4.50. The maximum absolute atomic E-state index is 8.84. The zero-order chi connectivity index (χ0) is 14.5. The molecule has 6 nitrogen and oxygen atoms in total. The summed E-state index contributed by atoms with van der Waals surface area (Å²) < 4.78 is 0. The Morgan fingerprint density at radius 3 is 3.00 bits per heavy atom. The minimum Gasteiger partial charge on any atom is -0.409 e. The van der Waals surface area contributed by atoms with Crippen molar-refractivity contribution in [3.05, 3.63) is 40.2 Å². The Kier molecular flexibility index (Phi) is 4.52. The van der Waals surface area contributed by atoms with Gasteiger partial charge >= 0.3 is 0 Å². The Morgan fingerprint density at radius 2 is 2.35 bits per heavy atom. The zero-order valence-corrected chi connectivity index (χ0v) is 12.2. The van der Waals surface area contributed by atoms with Gasteiger partial charge in [-0.15, -0.1) is 16.4 Å². The van der Waals surface area contributed by atoms with Crippen molar-refractivity contribution in [2.75, 3.05) is 11.9 Å². The SMILES string of the molecule is CC(Cc1cccs1)N(C)c1nnccc1/C(N)=N/O. The van der Waals surface area contributed by atoms with Crippen molar-refractivity contribution in [2.45, 2.75) is 19.4 Å². The largest absolute Gasteiger partial charge is 0.409 e. The second-order valence-corrected chi connectivity index (χ2v) is 5.53. The molecule has 0 saturated carbocycles. The maximum Gasteiger partial charge on any atom is 0.173 e. The summed E-state index contributed by atoms with van der Waals surface area (Å²) >= 11 is 1.73. The molecule has 0 aromatic carbocycles. The van der Waals surface area contributed by atoms with Crippen molar-refractivity contribution in [2.24, 2.45) is 10.9 Å². The highest BCUT2D eigenvalue weighted by Gasteiger charge is 2.18. The van der Waals surface area contributed by atoms with Crippen molar-refractivity contribution in [1.82, 2.24) is 10.2 Å². The number of hydrogen-bond acceptors (Lipinski definition) is 6. The van der Waals surface area contributed by atoms with Crippen LogP contribution in [0.2, 0.25) is 0 Å². The Labute approximate surface area is 121 Å². The molecule has 2 aromatic heterocycles. The van der Waals surface area contributed by atoms with E-state index in [9.17, 15) is 0 Å². The van der Waals surface area contributed by atoms with Crippen molar-refractivity contribution in [3.8, 4) is 0 Å². The van der Waals surface area contributed by atoms with Gasteiger partial charge in [-0.25, -0.2) is 0 Å². The van der Waals surface area contributed by atoms with Crippen LogP contribution in [0.25, 0.3) is 0 Å². The zero-order valence-electron chi connectivity index (χ0n) is 11.4. The molecule has 0 radical (unpaired) electrons. The van der Waals surface area contributed by atoms with E-state index in [1.54, 1.807) is 17.4 Å². The highest BCUT2D eigenvalue weighted by atomic mass is 32.1. The molecule has 0 spiro atoms. The lowest BCUT2D eigenvalue weighted by Crippen LogP contribution is -2.33. The molecule has 3 N–H and O–H groups in total. The summed E-state index contributed by atoms with van der Waals surface area (Å²) in [5.74, 6) is 0.636. The number of likely N-dealkylation sites (N-methyl/N-ethyl adjacent to an activating group) is 1. The first kappa shape index (κ1) is 14.3. The molecule has 0 aliphatic rings. The van der Waals surface area contributed by atoms with Crippen molar-refractivity contribution in [1.29, 1.82) is 0 Å². The molecule has 1 unspecified atom stereocenters. The van der Waals surface area contributed by atoms with E-state index < -0.39 is 0 Å². The lowest BCUT2D eigenvalue weighted by molar-refractivity contribution is 0.318. The number of nitrogens with zero attached hydrogens (tertiary/aromatic N) is 4. The maximum atomic E-state index is 8.84. The average Bonchev–Trinajstić information content (AvgIpc) is 2.98. The van der Waals surface area contributed by atoms with Crippen molar-refractivity contribution >= 4 is 23.0 Å². The van der Waals surface area contributed by atoms with Crippen LogP contribution in [0.15, 0.2) is 34.9 Å². The first-order valence-corrected chi connectivity index (χ1v) is 7.06. The molecular formula is C13H17N5OS. The van der Waals surface area contributed by atoms with E-state index in [4.69, 9.17) is 10.9 Å². The van der Waals surface area contributed by atoms with Crippen LogP contribution in [0.5, 0.6) is 0 Å². The first-order valence-electron chi connectivity index (χ1n) is 6.18. The number of thiophene rings is 1. The van der Waals surface area contributed by atoms with Gasteiger partial charge in [0.25, 0.3) is 0 Å². The van der Waals surface area contributed by atoms with Crippen LogP contribution in [0.1, 0.15) is 17.4 Å². The summed E-state index contributed by atoms with van der Waals surface area (Å²) in [5.41, 5.74) is 6.25. The molecule has 0 saturated heterocycles. The molecule has 0 aliphatic carbocycles. The van der Waals surface area contributed by atoms with E-state index in [1.807, 2.05) is 18.0 Å². The number of amidine groups is 1. The molecule has 0 aliphatic heterocycles. The van der Waals surface area contributed by atoms with Gasteiger partial charge in [-0.3, -0.25) is 0 Å².